The molecule has 2 N–H and O–H groups in total. The van der Waals surface area contributed by atoms with E-state index in [-0.39, 0.29) is 12.1 Å². The number of aryl methyl sites for hydroxylation is 1. The summed E-state index contributed by atoms with van der Waals surface area (Å²) in [6.45, 7) is 8.68. The van der Waals surface area contributed by atoms with Gasteiger partial charge < -0.3 is 20.3 Å². The Hall–Kier alpha value is -3.02. The fraction of sp³-hybridized carbons (Fsp3) is 0.364. The van der Waals surface area contributed by atoms with Crippen molar-refractivity contribution < 1.29 is 14.3 Å². The van der Waals surface area contributed by atoms with Crippen molar-refractivity contribution in [2.75, 3.05) is 17.2 Å². The number of fused-ring (bicyclic) bond motifs is 1. The molecule has 0 unspecified atom stereocenters. The molecule has 0 saturated heterocycles. The summed E-state index contributed by atoms with van der Waals surface area (Å²) in [4.78, 5) is 26.2. The zero-order valence-corrected chi connectivity index (χ0v) is 16.8. The first-order valence-corrected chi connectivity index (χ1v) is 9.44. The molecule has 1 aliphatic rings. The van der Waals surface area contributed by atoms with Crippen LogP contribution >= 0.6 is 0 Å². The van der Waals surface area contributed by atoms with Gasteiger partial charge in [0.2, 0.25) is 0 Å². The van der Waals surface area contributed by atoms with Crippen LogP contribution in [-0.2, 0) is 17.7 Å². The number of carbonyl (C=O) groups is 2. The van der Waals surface area contributed by atoms with E-state index in [2.05, 4.69) is 10.6 Å². The standard InChI is InChI=1S/C22H27N3O3/c1-15-6-5-7-18(12-15)23-20(26)24-19-9-8-17-14-25(11-10-16(17)13-19)21(27)28-22(2,3)4/h5-9,12-13H,10-11,14H2,1-4H3,(H2,23,24,26). The van der Waals surface area contributed by atoms with E-state index in [1.807, 2.05) is 70.2 Å². The first-order chi connectivity index (χ1) is 13.2. The minimum Gasteiger partial charge on any atom is -0.444 e. The summed E-state index contributed by atoms with van der Waals surface area (Å²) >= 11 is 0. The molecule has 0 aliphatic carbocycles. The molecule has 2 aromatic rings. The zero-order chi connectivity index (χ0) is 20.3. The summed E-state index contributed by atoms with van der Waals surface area (Å²) in [6, 6.07) is 13.1. The molecule has 0 bridgehead atoms. The van der Waals surface area contributed by atoms with Crippen LogP contribution in [0.1, 0.15) is 37.5 Å². The predicted molar refractivity (Wildman–Crippen MR) is 111 cm³/mol. The summed E-state index contributed by atoms with van der Waals surface area (Å²) in [5, 5.41) is 5.71. The number of hydrogen-bond acceptors (Lipinski definition) is 3. The van der Waals surface area contributed by atoms with Crippen LogP contribution in [0.15, 0.2) is 42.5 Å². The van der Waals surface area contributed by atoms with Gasteiger partial charge in [-0.15, -0.1) is 0 Å². The normalized spacial score (nSPS) is 13.5. The SMILES string of the molecule is Cc1cccc(NC(=O)Nc2ccc3c(c2)CCN(C(=O)OC(C)(C)C)C3)c1. The van der Waals surface area contributed by atoms with Gasteiger partial charge in [0.1, 0.15) is 5.60 Å². The lowest BCUT2D eigenvalue weighted by molar-refractivity contribution is 0.0224. The molecule has 2 aromatic carbocycles. The molecule has 0 saturated carbocycles. The molecule has 28 heavy (non-hydrogen) atoms. The van der Waals surface area contributed by atoms with Crippen LogP contribution < -0.4 is 10.6 Å². The molecule has 0 radical (unpaired) electrons. The highest BCUT2D eigenvalue weighted by molar-refractivity contribution is 5.99. The summed E-state index contributed by atoms with van der Waals surface area (Å²) in [6.07, 6.45) is 0.432. The first-order valence-electron chi connectivity index (χ1n) is 9.44. The lowest BCUT2D eigenvalue weighted by Crippen LogP contribution is -2.39. The summed E-state index contributed by atoms with van der Waals surface area (Å²) in [5.74, 6) is 0. The number of ether oxygens (including phenoxy) is 1. The predicted octanol–water partition coefficient (Wildman–Crippen LogP) is 4.93. The fourth-order valence-electron chi connectivity index (χ4n) is 3.13. The van der Waals surface area contributed by atoms with Crippen LogP contribution in [0.5, 0.6) is 0 Å². The molecule has 0 aromatic heterocycles. The first kappa shape index (κ1) is 19.7. The number of urea groups is 1. The van der Waals surface area contributed by atoms with Crippen molar-refractivity contribution in [3.8, 4) is 0 Å². The molecule has 0 fully saturated rings. The Bertz CT molecular complexity index is 887. The summed E-state index contributed by atoms with van der Waals surface area (Å²) in [5.41, 5.74) is 4.27. The van der Waals surface area contributed by atoms with Gasteiger partial charge in [-0.3, -0.25) is 0 Å². The van der Waals surface area contributed by atoms with Gasteiger partial charge in [-0.1, -0.05) is 18.2 Å². The van der Waals surface area contributed by atoms with Crippen LogP contribution in [-0.4, -0.2) is 29.2 Å². The number of amides is 3. The van der Waals surface area contributed by atoms with Crippen molar-refractivity contribution in [3.05, 3.63) is 59.2 Å². The lowest BCUT2D eigenvalue weighted by Gasteiger charge is -2.31. The van der Waals surface area contributed by atoms with Crippen LogP contribution in [0.3, 0.4) is 0 Å². The van der Waals surface area contributed by atoms with Gasteiger partial charge in [-0.25, -0.2) is 9.59 Å². The van der Waals surface area contributed by atoms with Crippen molar-refractivity contribution in [2.24, 2.45) is 0 Å². The van der Waals surface area contributed by atoms with Gasteiger partial charge in [0, 0.05) is 24.5 Å². The molecule has 0 atom stereocenters. The van der Waals surface area contributed by atoms with Crippen LogP contribution in [0.4, 0.5) is 21.0 Å². The molecule has 1 heterocycles. The molecular formula is C22H27N3O3. The molecule has 148 valence electrons. The third-order valence-electron chi connectivity index (χ3n) is 4.40. The van der Waals surface area contributed by atoms with Crippen molar-refractivity contribution in [1.82, 2.24) is 4.90 Å². The minimum atomic E-state index is -0.504. The Morgan fingerprint density at radius 1 is 1.00 bits per heavy atom. The third kappa shape index (κ3) is 5.25. The maximum Gasteiger partial charge on any atom is 0.410 e. The molecule has 0 spiro atoms. The van der Waals surface area contributed by atoms with Crippen LogP contribution in [0, 0.1) is 6.92 Å². The molecule has 3 rings (SSSR count). The van der Waals surface area contributed by atoms with Crippen molar-refractivity contribution in [1.29, 1.82) is 0 Å². The highest BCUT2D eigenvalue weighted by Crippen LogP contribution is 2.24. The number of nitrogens with zero attached hydrogens (tertiary/aromatic N) is 1. The van der Waals surface area contributed by atoms with E-state index in [0.29, 0.717) is 13.1 Å². The Labute approximate surface area is 165 Å². The highest BCUT2D eigenvalue weighted by atomic mass is 16.6. The number of hydrogen-bond donors (Lipinski definition) is 2. The third-order valence-corrected chi connectivity index (χ3v) is 4.40. The highest BCUT2D eigenvalue weighted by Gasteiger charge is 2.25. The van der Waals surface area contributed by atoms with Gasteiger partial charge in [-0.05, 0) is 75.1 Å². The second-order valence-electron chi connectivity index (χ2n) is 8.08. The molecule has 6 nitrogen and oxygen atoms in total. The van der Waals surface area contributed by atoms with Gasteiger partial charge in [0.15, 0.2) is 0 Å². The quantitative estimate of drug-likeness (QED) is 0.775. The Balaban J connectivity index is 1.62. The second kappa shape index (κ2) is 7.92. The number of nitrogens with one attached hydrogen (secondary N) is 2. The lowest BCUT2D eigenvalue weighted by atomic mass is 9.99. The monoisotopic (exact) mass is 381 g/mol. The van der Waals surface area contributed by atoms with Gasteiger partial charge >= 0.3 is 12.1 Å². The average Bonchev–Trinajstić information content (AvgIpc) is 2.59. The Morgan fingerprint density at radius 2 is 1.71 bits per heavy atom. The van der Waals surface area contributed by atoms with Crippen molar-refractivity contribution in [3.63, 3.8) is 0 Å². The Morgan fingerprint density at radius 3 is 2.39 bits per heavy atom. The Kier molecular flexibility index (Phi) is 5.58. The summed E-state index contributed by atoms with van der Waals surface area (Å²) in [7, 11) is 0. The van der Waals surface area contributed by atoms with Crippen molar-refractivity contribution in [2.45, 2.75) is 46.3 Å². The zero-order valence-electron chi connectivity index (χ0n) is 16.8. The maximum absolute atomic E-state index is 12.3. The van der Waals surface area contributed by atoms with Crippen LogP contribution in [0.2, 0.25) is 0 Å². The maximum atomic E-state index is 12.3. The molecular weight excluding hydrogens is 354 g/mol. The van der Waals surface area contributed by atoms with Gasteiger partial charge in [0.05, 0.1) is 0 Å². The number of benzene rings is 2. The topological polar surface area (TPSA) is 70.7 Å². The number of carbonyl (C=O) groups excluding carboxylic acids is 2. The molecule has 6 heteroatoms. The van der Waals surface area contributed by atoms with E-state index >= 15 is 0 Å². The van der Waals surface area contributed by atoms with E-state index in [1.54, 1.807) is 4.90 Å². The van der Waals surface area contributed by atoms with E-state index in [0.717, 1.165) is 34.5 Å². The van der Waals surface area contributed by atoms with E-state index in [9.17, 15) is 9.59 Å². The number of rotatable bonds is 2. The second-order valence-corrected chi connectivity index (χ2v) is 8.08. The average molecular weight is 381 g/mol. The van der Waals surface area contributed by atoms with Gasteiger partial charge in [0.25, 0.3) is 0 Å². The largest absolute Gasteiger partial charge is 0.444 e. The van der Waals surface area contributed by atoms with Crippen LogP contribution in [0.25, 0.3) is 0 Å². The van der Waals surface area contributed by atoms with E-state index < -0.39 is 5.60 Å². The van der Waals surface area contributed by atoms with Gasteiger partial charge in [-0.2, -0.15) is 0 Å². The smallest absolute Gasteiger partial charge is 0.410 e. The van der Waals surface area contributed by atoms with E-state index in [4.69, 9.17) is 4.74 Å². The molecule has 1 aliphatic heterocycles. The summed E-state index contributed by atoms with van der Waals surface area (Å²) < 4.78 is 5.46. The minimum absolute atomic E-state index is 0.281. The fourth-order valence-corrected chi connectivity index (χ4v) is 3.13. The van der Waals surface area contributed by atoms with E-state index in [1.165, 1.54) is 0 Å². The molecule has 3 amide bonds. The number of anilines is 2. The van der Waals surface area contributed by atoms with Crippen molar-refractivity contribution >= 4 is 23.5 Å².